The second-order valence-corrected chi connectivity index (χ2v) is 9.25. The highest BCUT2D eigenvalue weighted by atomic mass is 19.3. The van der Waals surface area contributed by atoms with Gasteiger partial charge in [0.25, 0.3) is 0 Å². The standard InChI is InChI=1S/C26H18BF7/c1-11-8-18-15(9-19(11)27)7-13(3)21(18)23-22(24(29,30)26(33,34)25(23,31)32)16-5-4-14-6-12(2)20(28)10-17(14)16/h5-6,8-10H,4,7H2,1-3H3. The van der Waals surface area contributed by atoms with Gasteiger partial charge in [0.1, 0.15) is 13.7 Å². The quantitative estimate of drug-likeness (QED) is 0.348. The monoisotopic (exact) mass is 474 g/mol. The number of halogens is 7. The van der Waals surface area contributed by atoms with Crippen molar-refractivity contribution in [3.05, 3.63) is 86.3 Å². The summed E-state index contributed by atoms with van der Waals surface area (Å²) in [6, 6.07) is 5.38. The summed E-state index contributed by atoms with van der Waals surface area (Å²) >= 11 is 0. The molecule has 0 fully saturated rings. The Morgan fingerprint density at radius 2 is 1.41 bits per heavy atom. The van der Waals surface area contributed by atoms with Crippen molar-refractivity contribution < 1.29 is 30.7 Å². The molecule has 0 atom stereocenters. The Balaban J connectivity index is 1.85. The molecule has 0 spiro atoms. The molecule has 0 bridgehead atoms. The molecule has 8 heteroatoms. The maximum Gasteiger partial charge on any atom is 0.380 e. The Morgan fingerprint density at radius 1 is 0.765 bits per heavy atom. The van der Waals surface area contributed by atoms with Crippen molar-refractivity contribution in [3.63, 3.8) is 0 Å². The zero-order chi connectivity index (χ0) is 25.0. The molecule has 3 aliphatic carbocycles. The molecule has 5 rings (SSSR count). The first-order valence-corrected chi connectivity index (χ1v) is 10.7. The highest BCUT2D eigenvalue weighted by Crippen LogP contribution is 2.66. The van der Waals surface area contributed by atoms with Crippen molar-refractivity contribution in [3.8, 4) is 0 Å². The molecule has 0 aliphatic heterocycles. The number of hydrogen-bond acceptors (Lipinski definition) is 0. The van der Waals surface area contributed by atoms with E-state index in [9.17, 15) is 13.2 Å². The first kappa shape index (κ1) is 23.0. The number of fused-ring (bicyclic) bond motifs is 2. The summed E-state index contributed by atoms with van der Waals surface area (Å²) in [5.74, 6) is -16.7. The molecule has 0 N–H and O–H groups in total. The van der Waals surface area contributed by atoms with Crippen LogP contribution in [0.4, 0.5) is 30.7 Å². The third-order valence-corrected chi connectivity index (χ3v) is 7.03. The molecule has 2 radical (unpaired) electrons. The first-order valence-electron chi connectivity index (χ1n) is 10.7. The van der Waals surface area contributed by atoms with Crippen LogP contribution in [-0.4, -0.2) is 25.6 Å². The van der Waals surface area contributed by atoms with Crippen molar-refractivity contribution in [2.45, 2.75) is 51.4 Å². The summed E-state index contributed by atoms with van der Waals surface area (Å²) in [7, 11) is 5.92. The van der Waals surface area contributed by atoms with Gasteiger partial charge < -0.3 is 0 Å². The van der Waals surface area contributed by atoms with Crippen LogP contribution >= 0.6 is 0 Å². The summed E-state index contributed by atoms with van der Waals surface area (Å²) in [6.07, 6.45) is 1.35. The van der Waals surface area contributed by atoms with Crippen LogP contribution in [0.3, 0.4) is 0 Å². The lowest BCUT2D eigenvalue weighted by Gasteiger charge is -2.26. The van der Waals surface area contributed by atoms with Gasteiger partial charge in [-0.05, 0) is 78.6 Å². The van der Waals surface area contributed by atoms with Gasteiger partial charge in [0.15, 0.2) is 0 Å². The van der Waals surface area contributed by atoms with Gasteiger partial charge in [-0.3, -0.25) is 0 Å². The third-order valence-electron chi connectivity index (χ3n) is 7.03. The van der Waals surface area contributed by atoms with E-state index in [1.807, 2.05) is 0 Å². The van der Waals surface area contributed by atoms with Crippen molar-refractivity contribution in [1.82, 2.24) is 0 Å². The van der Waals surface area contributed by atoms with Crippen LogP contribution in [0.2, 0.25) is 0 Å². The van der Waals surface area contributed by atoms with Gasteiger partial charge in [0.05, 0.1) is 0 Å². The highest BCUT2D eigenvalue weighted by Gasteiger charge is 2.81. The van der Waals surface area contributed by atoms with Crippen molar-refractivity contribution >= 4 is 24.5 Å². The van der Waals surface area contributed by atoms with E-state index in [0.717, 1.165) is 6.07 Å². The smallest absolute Gasteiger partial charge is 0.207 e. The van der Waals surface area contributed by atoms with Crippen LogP contribution in [0.5, 0.6) is 0 Å². The van der Waals surface area contributed by atoms with E-state index >= 15 is 17.6 Å². The molecular formula is C26H18BF7. The number of allylic oxidation sites excluding steroid dienone is 6. The number of rotatable bonds is 2. The van der Waals surface area contributed by atoms with Crippen LogP contribution in [-0.2, 0) is 12.8 Å². The fourth-order valence-electron chi connectivity index (χ4n) is 5.23. The maximum absolute atomic E-state index is 15.4. The van der Waals surface area contributed by atoms with Crippen LogP contribution in [0.1, 0.15) is 40.3 Å². The average molecular weight is 474 g/mol. The molecule has 3 aliphatic rings. The lowest BCUT2D eigenvalue weighted by Crippen LogP contribution is -2.49. The summed E-state index contributed by atoms with van der Waals surface area (Å²) in [5, 5.41) is 0. The molecular weight excluding hydrogens is 456 g/mol. The van der Waals surface area contributed by atoms with Gasteiger partial charge in [-0.15, -0.1) is 0 Å². The zero-order valence-electron chi connectivity index (χ0n) is 18.5. The second kappa shape index (κ2) is 6.89. The van der Waals surface area contributed by atoms with Crippen LogP contribution < -0.4 is 5.46 Å². The minimum absolute atomic E-state index is 0.0417. The van der Waals surface area contributed by atoms with E-state index in [-0.39, 0.29) is 40.7 Å². The summed E-state index contributed by atoms with van der Waals surface area (Å²) in [4.78, 5) is 0. The van der Waals surface area contributed by atoms with Gasteiger partial charge in [0, 0.05) is 11.1 Å². The number of aryl methyl sites for hydroxylation is 2. The first-order chi connectivity index (χ1) is 15.7. The Morgan fingerprint density at radius 3 is 2.09 bits per heavy atom. The highest BCUT2D eigenvalue weighted by molar-refractivity contribution is 6.33. The fraction of sp³-hybridized carbons (Fsp3) is 0.308. The molecule has 0 nitrogen and oxygen atoms in total. The normalized spacial score (nSPS) is 21.8. The minimum atomic E-state index is -5.67. The van der Waals surface area contributed by atoms with Gasteiger partial charge >= 0.3 is 17.8 Å². The molecule has 34 heavy (non-hydrogen) atoms. The average Bonchev–Trinajstić information content (AvgIpc) is 3.28. The Kier molecular flexibility index (Phi) is 4.66. The molecule has 0 heterocycles. The summed E-state index contributed by atoms with van der Waals surface area (Å²) in [5.41, 5.74) is -1.23. The summed E-state index contributed by atoms with van der Waals surface area (Å²) in [6.45, 7) is 4.55. The largest absolute Gasteiger partial charge is 0.380 e. The molecule has 174 valence electrons. The predicted octanol–water partition coefficient (Wildman–Crippen LogP) is 6.42. The molecule has 0 amide bonds. The maximum atomic E-state index is 15.4. The lowest BCUT2D eigenvalue weighted by molar-refractivity contribution is -0.263. The molecule has 2 aromatic rings. The lowest BCUT2D eigenvalue weighted by atomic mass is 9.84. The second-order valence-electron chi connectivity index (χ2n) is 9.25. The van der Waals surface area contributed by atoms with Crippen LogP contribution in [0.15, 0.2) is 47.1 Å². The van der Waals surface area contributed by atoms with Gasteiger partial charge in [-0.25, -0.2) is 4.39 Å². The van der Waals surface area contributed by atoms with E-state index in [4.69, 9.17) is 7.85 Å². The predicted molar refractivity (Wildman–Crippen MR) is 118 cm³/mol. The van der Waals surface area contributed by atoms with E-state index in [2.05, 4.69) is 0 Å². The van der Waals surface area contributed by atoms with Crippen LogP contribution in [0.25, 0.3) is 11.1 Å². The van der Waals surface area contributed by atoms with E-state index in [1.54, 1.807) is 13.0 Å². The van der Waals surface area contributed by atoms with Crippen molar-refractivity contribution in [2.24, 2.45) is 0 Å². The Bertz CT molecular complexity index is 1380. The van der Waals surface area contributed by atoms with E-state index in [1.165, 1.54) is 32.1 Å². The van der Waals surface area contributed by atoms with E-state index < -0.39 is 40.3 Å². The molecule has 0 unspecified atom stereocenters. The number of hydrogen-bond donors (Lipinski definition) is 0. The molecule has 0 saturated carbocycles. The molecule has 0 saturated heterocycles. The number of alkyl halides is 6. The topological polar surface area (TPSA) is 0 Å². The molecule has 2 aromatic carbocycles. The summed E-state index contributed by atoms with van der Waals surface area (Å²) < 4.78 is 105. The van der Waals surface area contributed by atoms with E-state index in [0.29, 0.717) is 22.2 Å². The molecule has 0 aromatic heterocycles. The zero-order valence-corrected chi connectivity index (χ0v) is 18.5. The SMILES string of the molecule is [B]c1cc2c(cc1C)C(C1=C(C3=CCc4cc(C)c(F)cc43)C(F)(F)C(F)(F)C1(F)F)=C(C)C2. The number of benzene rings is 2. The van der Waals surface area contributed by atoms with Crippen molar-refractivity contribution in [1.29, 1.82) is 0 Å². The van der Waals surface area contributed by atoms with Gasteiger partial charge in [-0.2, -0.15) is 26.3 Å². The Labute approximate surface area is 193 Å². The fourth-order valence-corrected chi connectivity index (χ4v) is 5.23. The van der Waals surface area contributed by atoms with Gasteiger partial charge in [0.2, 0.25) is 0 Å². The van der Waals surface area contributed by atoms with Crippen molar-refractivity contribution in [2.75, 3.05) is 0 Å². The minimum Gasteiger partial charge on any atom is -0.207 e. The van der Waals surface area contributed by atoms with Crippen LogP contribution in [0, 0.1) is 19.7 Å². The third kappa shape index (κ3) is 2.74. The van der Waals surface area contributed by atoms with Gasteiger partial charge in [-0.1, -0.05) is 40.9 Å². The Hall–Kier alpha value is -2.77.